The zero-order valence-corrected chi connectivity index (χ0v) is 14.5. The Hall–Kier alpha value is -3.41. The Morgan fingerprint density at radius 1 is 1.00 bits per heavy atom. The van der Waals surface area contributed by atoms with Gasteiger partial charge in [-0.1, -0.05) is 41.6 Å². The van der Waals surface area contributed by atoms with Crippen LogP contribution >= 0.6 is 0 Å². The van der Waals surface area contributed by atoms with Crippen molar-refractivity contribution in [3.8, 4) is 0 Å². The van der Waals surface area contributed by atoms with Gasteiger partial charge in [-0.05, 0) is 37.6 Å². The van der Waals surface area contributed by atoms with Crippen molar-refractivity contribution in [2.24, 2.45) is 0 Å². The summed E-state index contributed by atoms with van der Waals surface area (Å²) in [6, 6.07) is 17.9. The molecule has 0 aliphatic heterocycles. The first kappa shape index (κ1) is 17.4. The fraction of sp³-hybridized carbons (Fsp3) is 0.150. The Kier molecular flexibility index (Phi) is 5.12. The van der Waals surface area contributed by atoms with Gasteiger partial charge in [0.05, 0.1) is 11.7 Å². The Labute approximate surface area is 151 Å². The Balaban J connectivity index is 1.68. The molecule has 0 saturated carbocycles. The lowest BCUT2D eigenvalue weighted by atomic mass is 10.1. The van der Waals surface area contributed by atoms with E-state index in [0.29, 0.717) is 16.9 Å². The maximum atomic E-state index is 12.5. The molecule has 3 rings (SSSR count). The van der Waals surface area contributed by atoms with Crippen LogP contribution in [0.3, 0.4) is 0 Å². The number of aryl methyl sites for hydroxylation is 1. The van der Waals surface area contributed by atoms with Crippen LogP contribution in [0.15, 0.2) is 65.2 Å². The van der Waals surface area contributed by atoms with E-state index in [1.165, 1.54) is 0 Å². The Bertz CT molecular complexity index is 919. The number of hydrogen-bond donors (Lipinski definition) is 2. The van der Waals surface area contributed by atoms with Gasteiger partial charge in [0.2, 0.25) is 5.76 Å². The van der Waals surface area contributed by atoms with E-state index in [-0.39, 0.29) is 17.7 Å². The molecule has 6 heteroatoms. The number of amides is 2. The molecule has 1 atom stereocenters. The second-order valence-electron chi connectivity index (χ2n) is 5.97. The molecule has 0 aliphatic rings. The minimum Gasteiger partial charge on any atom is -0.351 e. The lowest BCUT2D eigenvalue weighted by Gasteiger charge is -2.14. The van der Waals surface area contributed by atoms with Gasteiger partial charge in [0.15, 0.2) is 0 Å². The molecule has 132 valence electrons. The van der Waals surface area contributed by atoms with Gasteiger partial charge in [-0.3, -0.25) is 9.59 Å². The van der Waals surface area contributed by atoms with Gasteiger partial charge in [-0.15, -0.1) is 0 Å². The first-order valence-electron chi connectivity index (χ1n) is 8.23. The van der Waals surface area contributed by atoms with E-state index in [2.05, 4.69) is 15.8 Å². The number of carbonyl (C=O) groups excluding carboxylic acids is 2. The van der Waals surface area contributed by atoms with Crippen LogP contribution in [0.4, 0.5) is 5.69 Å². The van der Waals surface area contributed by atoms with E-state index < -0.39 is 5.91 Å². The second kappa shape index (κ2) is 7.65. The third kappa shape index (κ3) is 4.16. The van der Waals surface area contributed by atoms with E-state index in [1.807, 2.05) is 37.3 Å². The SMILES string of the molecule is Cc1cc(C(=O)Nc2cccc(C(=O)NC(C)c3ccccc3)c2)on1. The molecule has 26 heavy (non-hydrogen) atoms. The van der Waals surface area contributed by atoms with Gasteiger partial charge < -0.3 is 15.2 Å². The van der Waals surface area contributed by atoms with Gasteiger partial charge in [0, 0.05) is 17.3 Å². The number of aromatic nitrogens is 1. The molecule has 1 unspecified atom stereocenters. The molecule has 0 saturated heterocycles. The molecule has 0 aliphatic carbocycles. The summed E-state index contributed by atoms with van der Waals surface area (Å²) < 4.78 is 4.94. The number of anilines is 1. The summed E-state index contributed by atoms with van der Waals surface area (Å²) in [7, 11) is 0. The quantitative estimate of drug-likeness (QED) is 0.735. The average molecular weight is 349 g/mol. The van der Waals surface area contributed by atoms with Crippen LogP contribution in [0.2, 0.25) is 0 Å². The van der Waals surface area contributed by atoms with E-state index >= 15 is 0 Å². The van der Waals surface area contributed by atoms with Crippen LogP contribution in [-0.4, -0.2) is 17.0 Å². The first-order valence-corrected chi connectivity index (χ1v) is 8.23. The highest BCUT2D eigenvalue weighted by atomic mass is 16.5. The third-order valence-electron chi connectivity index (χ3n) is 3.88. The van der Waals surface area contributed by atoms with Gasteiger partial charge in [-0.2, -0.15) is 0 Å². The molecule has 2 aromatic carbocycles. The molecule has 2 N–H and O–H groups in total. The standard InChI is InChI=1S/C20H19N3O3/c1-13-11-18(26-23-13)20(25)22-17-10-6-9-16(12-17)19(24)21-14(2)15-7-4-3-5-8-15/h3-12,14H,1-2H3,(H,21,24)(H,22,25). The zero-order chi connectivity index (χ0) is 18.5. The fourth-order valence-electron chi connectivity index (χ4n) is 2.51. The Morgan fingerprint density at radius 2 is 1.77 bits per heavy atom. The molecule has 1 heterocycles. The lowest BCUT2D eigenvalue weighted by Crippen LogP contribution is -2.26. The van der Waals surface area contributed by atoms with Gasteiger partial charge in [-0.25, -0.2) is 0 Å². The van der Waals surface area contributed by atoms with Crippen molar-refractivity contribution in [3.63, 3.8) is 0 Å². The van der Waals surface area contributed by atoms with Gasteiger partial charge >= 0.3 is 0 Å². The zero-order valence-electron chi connectivity index (χ0n) is 14.5. The second-order valence-corrected chi connectivity index (χ2v) is 5.97. The molecule has 1 aromatic heterocycles. The van der Waals surface area contributed by atoms with Crippen LogP contribution in [0.5, 0.6) is 0 Å². The van der Waals surface area contributed by atoms with E-state index in [0.717, 1.165) is 5.56 Å². The summed E-state index contributed by atoms with van der Waals surface area (Å²) in [5, 5.41) is 9.33. The highest BCUT2D eigenvalue weighted by Gasteiger charge is 2.14. The molecule has 6 nitrogen and oxygen atoms in total. The van der Waals surface area contributed by atoms with Crippen molar-refractivity contribution in [1.29, 1.82) is 0 Å². The maximum Gasteiger partial charge on any atom is 0.294 e. The number of carbonyl (C=O) groups is 2. The first-order chi connectivity index (χ1) is 12.5. The van der Waals surface area contributed by atoms with Gasteiger partial charge in [0.25, 0.3) is 11.8 Å². The number of rotatable bonds is 5. The van der Waals surface area contributed by atoms with Crippen LogP contribution in [0.1, 0.15) is 45.1 Å². The highest BCUT2D eigenvalue weighted by molar-refractivity contribution is 6.03. The van der Waals surface area contributed by atoms with Crippen LogP contribution in [-0.2, 0) is 0 Å². The summed E-state index contributed by atoms with van der Waals surface area (Å²) in [6.45, 7) is 3.66. The molecule has 3 aromatic rings. The predicted octanol–water partition coefficient (Wildman–Crippen LogP) is 3.73. The molecular formula is C20H19N3O3. The van der Waals surface area contributed by atoms with Crippen LogP contribution < -0.4 is 10.6 Å². The van der Waals surface area contributed by atoms with Crippen LogP contribution in [0, 0.1) is 6.92 Å². The lowest BCUT2D eigenvalue weighted by molar-refractivity contribution is 0.0938. The topological polar surface area (TPSA) is 84.2 Å². The third-order valence-corrected chi connectivity index (χ3v) is 3.88. The van der Waals surface area contributed by atoms with Crippen molar-refractivity contribution >= 4 is 17.5 Å². The summed E-state index contributed by atoms with van der Waals surface area (Å²) in [6.07, 6.45) is 0. The molecule has 0 spiro atoms. The minimum absolute atomic E-state index is 0.120. The summed E-state index contributed by atoms with van der Waals surface area (Å²) in [4.78, 5) is 24.6. The van der Waals surface area contributed by atoms with Crippen molar-refractivity contribution in [2.45, 2.75) is 19.9 Å². The molecule has 0 fully saturated rings. The van der Waals surface area contributed by atoms with Crippen molar-refractivity contribution in [2.75, 3.05) is 5.32 Å². The van der Waals surface area contributed by atoms with Crippen molar-refractivity contribution in [1.82, 2.24) is 10.5 Å². The number of hydrogen-bond acceptors (Lipinski definition) is 4. The van der Waals surface area contributed by atoms with Crippen LogP contribution in [0.25, 0.3) is 0 Å². The maximum absolute atomic E-state index is 12.5. The number of nitrogens with zero attached hydrogens (tertiary/aromatic N) is 1. The summed E-state index contributed by atoms with van der Waals surface area (Å²) in [5.74, 6) is -0.510. The monoisotopic (exact) mass is 349 g/mol. The highest BCUT2D eigenvalue weighted by Crippen LogP contribution is 2.16. The average Bonchev–Trinajstić information content (AvgIpc) is 3.09. The molecule has 2 amide bonds. The predicted molar refractivity (Wildman–Crippen MR) is 98.0 cm³/mol. The number of nitrogens with one attached hydrogen (secondary N) is 2. The summed E-state index contributed by atoms with van der Waals surface area (Å²) >= 11 is 0. The van der Waals surface area contributed by atoms with Gasteiger partial charge in [0.1, 0.15) is 0 Å². The Morgan fingerprint density at radius 3 is 2.46 bits per heavy atom. The smallest absolute Gasteiger partial charge is 0.294 e. The number of benzene rings is 2. The van der Waals surface area contributed by atoms with Crippen molar-refractivity contribution < 1.29 is 14.1 Å². The fourth-order valence-corrected chi connectivity index (χ4v) is 2.51. The van der Waals surface area contributed by atoms with E-state index in [1.54, 1.807) is 37.3 Å². The molecule has 0 radical (unpaired) electrons. The molecule has 0 bridgehead atoms. The normalized spacial score (nSPS) is 11.6. The van der Waals surface area contributed by atoms with Crippen molar-refractivity contribution in [3.05, 3.63) is 83.2 Å². The van der Waals surface area contributed by atoms with E-state index in [4.69, 9.17) is 4.52 Å². The molecular weight excluding hydrogens is 330 g/mol. The summed E-state index contributed by atoms with van der Waals surface area (Å²) in [5.41, 5.74) is 2.60. The minimum atomic E-state index is -0.416. The van der Waals surface area contributed by atoms with E-state index in [9.17, 15) is 9.59 Å². The largest absolute Gasteiger partial charge is 0.351 e.